The number of rotatable bonds is 2. The number of halogens is 2. The van der Waals surface area contributed by atoms with Gasteiger partial charge in [0.25, 0.3) is 0 Å². The first-order valence-electron chi connectivity index (χ1n) is 5.79. The molecule has 0 unspecified atom stereocenters. The topological polar surface area (TPSA) is 67.6 Å². The van der Waals surface area contributed by atoms with Gasteiger partial charge in [-0.3, -0.25) is 5.10 Å². The Bertz CT molecular complexity index is 760. The molecule has 1 aromatic carbocycles. The molecule has 7 heteroatoms. The number of thiazole rings is 1. The third-order valence-corrected chi connectivity index (χ3v) is 4.12. The largest absolute Gasteiger partial charge is 0.382 e. The molecular formula is C13H10ClFN4S. The number of hydrogen-bond acceptors (Lipinski definition) is 4. The molecule has 3 aromatic rings. The summed E-state index contributed by atoms with van der Waals surface area (Å²) in [4.78, 5) is 5.02. The Balaban J connectivity index is 2.27. The zero-order valence-corrected chi connectivity index (χ0v) is 12.0. The zero-order chi connectivity index (χ0) is 14.3. The molecule has 0 aliphatic heterocycles. The molecule has 0 aliphatic rings. The van der Waals surface area contributed by atoms with E-state index in [0.717, 1.165) is 9.88 Å². The van der Waals surface area contributed by atoms with Crippen LogP contribution >= 0.6 is 22.9 Å². The quantitative estimate of drug-likeness (QED) is 0.755. The Kier molecular flexibility index (Phi) is 3.19. The molecule has 102 valence electrons. The number of benzene rings is 1. The van der Waals surface area contributed by atoms with Crippen molar-refractivity contribution in [2.75, 3.05) is 5.73 Å². The van der Waals surface area contributed by atoms with Crippen LogP contribution in [0.2, 0.25) is 5.02 Å². The number of hydrogen-bond donors (Lipinski definition) is 2. The molecule has 3 rings (SSSR count). The Hall–Kier alpha value is -1.92. The second-order valence-corrected chi connectivity index (χ2v) is 5.84. The van der Waals surface area contributed by atoms with E-state index in [-0.39, 0.29) is 11.4 Å². The van der Waals surface area contributed by atoms with Crippen LogP contribution in [0.15, 0.2) is 24.4 Å². The van der Waals surface area contributed by atoms with Crippen LogP contribution in [0.25, 0.3) is 21.7 Å². The summed E-state index contributed by atoms with van der Waals surface area (Å²) in [5.41, 5.74) is 7.22. The molecule has 0 radical (unpaired) electrons. The van der Waals surface area contributed by atoms with E-state index < -0.39 is 5.82 Å². The van der Waals surface area contributed by atoms with Crippen molar-refractivity contribution in [3.05, 3.63) is 40.2 Å². The molecule has 0 spiro atoms. The lowest BCUT2D eigenvalue weighted by molar-refractivity contribution is 0.631. The van der Waals surface area contributed by atoms with Crippen LogP contribution in [-0.4, -0.2) is 15.2 Å². The smallest absolute Gasteiger partial charge is 0.153 e. The summed E-state index contributed by atoms with van der Waals surface area (Å²) in [5, 5.41) is 7.99. The number of anilines is 1. The van der Waals surface area contributed by atoms with Gasteiger partial charge >= 0.3 is 0 Å². The number of nitrogen functional groups attached to an aromatic ring is 1. The lowest BCUT2D eigenvalue weighted by atomic mass is 10.0. The van der Waals surface area contributed by atoms with Gasteiger partial charge in [-0.1, -0.05) is 17.7 Å². The first-order chi connectivity index (χ1) is 9.58. The van der Waals surface area contributed by atoms with Gasteiger partial charge in [0.1, 0.15) is 5.82 Å². The number of aryl methyl sites for hydroxylation is 1. The standard InChI is InChI=1S/C13H10ClFN4S/c1-6-17-5-9(20-6)12-11(13(16)19-18-12)10-7(14)3-2-4-8(10)15/h2-5H,1H3,(H3,16,18,19). The highest BCUT2D eigenvalue weighted by Gasteiger charge is 2.21. The van der Waals surface area contributed by atoms with E-state index in [9.17, 15) is 4.39 Å². The number of aromatic nitrogens is 3. The third kappa shape index (κ3) is 2.07. The van der Waals surface area contributed by atoms with Crippen molar-refractivity contribution in [1.29, 1.82) is 0 Å². The predicted octanol–water partition coefficient (Wildman–Crippen LogP) is 3.88. The molecule has 0 saturated carbocycles. The zero-order valence-electron chi connectivity index (χ0n) is 10.4. The minimum Gasteiger partial charge on any atom is -0.382 e. The van der Waals surface area contributed by atoms with Crippen molar-refractivity contribution in [2.45, 2.75) is 6.92 Å². The molecule has 0 fully saturated rings. The van der Waals surface area contributed by atoms with Gasteiger partial charge in [-0.15, -0.1) is 11.3 Å². The molecule has 0 aliphatic carbocycles. The fraction of sp³-hybridized carbons (Fsp3) is 0.0769. The van der Waals surface area contributed by atoms with Gasteiger partial charge in [0.15, 0.2) is 5.82 Å². The highest BCUT2D eigenvalue weighted by molar-refractivity contribution is 7.15. The van der Waals surface area contributed by atoms with Gasteiger partial charge < -0.3 is 5.73 Å². The maximum atomic E-state index is 14.1. The highest BCUT2D eigenvalue weighted by atomic mass is 35.5. The molecule has 0 saturated heterocycles. The Morgan fingerprint density at radius 2 is 2.15 bits per heavy atom. The summed E-state index contributed by atoms with van der Waals surface area (Å²) in [6, 6.07) is 4.51. The van der Waals surface area contributed by atoms with E-state index in [1.807, 2.05) is 6.92 Å². The lowest BCUT2D eigenvalue weighted by Crippen LogP contribution is -1.92. The minimum atomic E-state index is -0.437. The average Bonchev–Trinajstić information content (AvgIpc) is 2.97. The third-order valence-electron chi connectivity index (χ3n) is 2.87. The first kappa shape index (κ1) is 13.1. The van der Waals surface area contributed by atoms with Crippen molar-refractivity contribution < 1.29 is 4.39 Å². The van der Waals surface area contributed by atoms with Crippen LogP contribution in [0.1, 0.15) is 5.01 Å². The van der Waals surface area contributed by atoms with Crippen LogP contribution in [-0.2, 0) is 0 Å². The molecule has 0 bridgehead atoms. The van der Waals surface area contributed by atoms with Gasteiger partial charge in [0, 0.05) is 11.8 Å². The van der Waals surface area contributed by atoms with Gasteiger partial charge in [0.05, 0.1) is 26.2 Å². The number of H-pyrrole nitrogens is 1. The van der Waals surface area contributed by atoms with Crippen molar-refractivity contribution in [2.24, 2.45) is 0 Å². The van der Waals surface area contributed by atoms with E-state index in [2.05, 4.69) is 15.2 Å². The molecule has 0 atom stereocenters. The molecule has 2 heterocycles. The van der Waals surface area contributed by atoms with E-state index in [1.165, 1.54) is 17.4 Å². The fourth-order valence-corrected chi connectivity index (χ4v) is 3.04. The maximum absolute atomic E-state index is 14.1. The fourth-order valence-electron chi connectivity index (χ4n) is 2.00. The summed E-state index contributed by atoms with van der Waals surface area (Å²) in [5.74, 6) is -0.230. The summed E-state index contributed by atoms with van der Waals surface area (Å²) in [6.07, 6.45) is 1.70. The number of nitrogens with two attached hydrogens (primary N) is 1. The summed E-state index contributed by atoms with van der Waals surface area (Å²) in [7, 11) is 0. The predicted molar refractivity (Wildman–Crippen MR) is 79.2 cm³/mol. The second-order valence-electron chi connectivity index (χ2n) is 4.20. The van der Waals surface area contributed by atoms with Crippen molar-refractivity contribution in [3.8, 4) is 21.7 Å². The van der Waals surface area contributed by atoms with Crippen molar-refractivity contribution in [1.82, 2.24) is 15.2 Å². The van der Waals surface area contributed by atoms with E-state index in [1.54, 1.807) is 18.3 Å². The van der Waals surface area contributed by atoms with Gasteiger partial charge in [-0.25, -0.2) is 9.37 Å². The Morgan fingerprint density at radius 3 is 2.80 bits per heavy atom. The Morgan fingerprint density at radius 1 is 1.35 bits per heavy atom. The molecular weight excluding hydrogens is 299 g/mol. The SMILES string of the molecule is Cc1ncc(-c2[nH]nc(N)c2-c2c(F)cccc2Cl)s1. The van der Waals surface area contributed by atoms with Crippen LogP contribution < -0.4 is 5.73 Å². The van der Waals surface area contributed by atoms with Crippen molar-refractivity contribution >= 4 is 28.8 Å². The molecule has 4 nitrogen and oxygen atoms in total. The summed E-state index contributed by atoms with van der Waals surface area (Å²) in [6.45, 7) is 1.89. The molecule has 20 heavy (non-hydrogen) atoms. The Labute approximate surface area is 123 Å². The van der Waals surface area contributed by atoms with E-state index >= 15 is 0 Å². The first-order valence-corrected chi connectivity index (χ1v) is 6.98. The number of aromatic amines is 1. The van der Waals surface area contributed by atoms with E-state index in [0.29, 0.717) is 16.3 Å². The van der Waals surface area contributed by atoms with Crippen LogP contribution in [0, 0.1) is 12.7 Å². The van der Waals surface area contributed by atoms with Gasteiger partial charge in [-0.2, -0.15) is 5.10 Å². The van der Waals surface area contributed by atoms with Crippen molar-refractivity contribution in [3.63, 3.8) is 0 Å². The van der Waals surface area contributed by atoms with Gasteiger partial charge in [-0.05, 0) is 19.1 Å². The number of nitrogens with zero attached hydrogens (tertiary/aromatic N) is 2. The normalized spacial score (nSPS) is 10.9. The lowest BCUT2D eigenvalue weighted by Gasteiger charge is -2.06. The maximum Gasteiger partial charge on any atom is 0.153 e. The molecule has 0 amide bonds. The summed E-state index contributed by atoms with van der Waals surface area (Å²) < 4.78 is 14.1. The minimum absolute atomic E-state index is 0.207. The van der Waals surface area contributed by atoms with Crippen LogP contribution in [0.4, 0.5) is 10.2 Å². The highest BCUT2D eigenvalue weighted by Crippen LogP contribution is 2.41. The van der Waals surface area contributed by atoms with E-state index in [4.69, 9.17) is 17.3 Å². The molecule has 3 N–H and O–H groups in total. The number of nitrogens with one attached hydrogen (secondary N) is 1. The average molecular weight is 309 g/mol. The monoisotopic (exact) mass is 308 g/mol. The molecule has 2 aromatic heterocycles. The van der Waals surface area contributed by atoms with Crippen LogP contribution in [0.5, 0.6) is 0 Å². The summed E-state index contributed by atoms with van der Waals surface area (Å²) >= 11 is 7.58. The van der Waals surface area contributed by atoms with Crippen LogP contribution in [0.3, 0.4) is 0 Å². The second kappa shape index (κ2) is 4.88. The van der Waals surface area contributed by atoms with Gasteiger partial charge in [0.2, 0.25) is 0 Å².